The molecule has 1 saturated heterocycles. The zero-order chi connectivity index (χ0) is 19.8. The number of ether oxygens (including phenoxy) is 1. The van der Waals surface area contributed by atoms with Crippen molar-refractivity contribution in [2.75, 3.05) is 31.6 Å². The van der Waals surface area contributed by atoms with Crippen molar-refractivity contribution in [2.24, 2.45) is 4.99 Å². The highest BCUT2D eigenvalue weighted by Crippen LogP contribution is 2.37. The van der Waals surface area contributed by atoms with Gasteiger partial charge in [0.15, 0.2) is 5.82 Å². The van der Waals surface area contributed by atoms with Gasteiger partial charge in [0, 0.05) is 42.0 Å². The second-order valence-electron chi connectivity index (χ2n) is 7.22. The zero-order valence-corrected chi connectivity index (χ0v) is 16.8. The van der Waals surface area contributed by atoms with Crippen LogP contribution in [-0.4, -0.2) is 52.1 Å². The molecule has 2 N–H and O–H groups in total. The van der Waals surface area contributed by atoms with Gasteiger partial charge in [0.1, 0.15) is 5.69 Å². The molecule has 1 fully saturated rings. The molecule has 8 heteroatoms. The molecule has 2 aliphatic heterocycles. The lowest BCUT2D eigenvalue weighted by molar-refractivity contribution is 0.0336. The van der Waals surface area contributed by atoms with Crippen LogP contribution >= 0.6 is 11.6 Å². The number of fused-ring (bicyclic) bond motifs is 2. The van der Waals surface area contributed by atoms with E-state index >= 15 is 0 Å². The average molecular weight is 409 g/mol. The minimum Gasteiger partial charge on any atom is -0.379 e. The highest BCUT2D eigenvalue weighted by molar-refractivity contribution is 6.36. The third-order valence-electron chi connectivity index (χ3n) is 5.23. The molecule has 5 rings (SSSR count). The Labute approximate surface area is 173 Å². The number of rotatable bonds is 3. The summed E-state index contributed by atoms with van der Waals surface area (Å²) in [6, 6.07) is 9.82. The molecule has 0 saturated carbocycles. The van der Waals surface area contributed by atoms with E-state index in [2.05, 4.69) is 26.5 Å². The minimum absolute atomic E-state index is 0.652. The molecular formula is C21H21ClN6O. The topological polar surface area (TPSA) is 78.4 Å². The van der Waals surface area contributed by atoms with Gasteiger partial charge in [0.2, 0.25) is 0 Å². The molecule has 7 nitrogen and oxygen atoms in total. The van der Waals surface area contributed by atoms with E-state index in [0.717, 1.165) is 72.4 Å². The van der Waals surface area contributed by atoms with Gasteiger partial charge in [-0.05, 0) is 19.1 Å². The van der Waals surface area contributed by atoms with E-state index < -0.39 is 0 Å². The van der Waals surface area contributed by atoms with E-state index in [1.165, 1.54) is 0 Å². The van der Waals surface area contributed by atoms with Crippen LogP contribution in [0.5, 0.6) is 0 Å². The molecule has 29 heavy (non-hydrogen) atoms. The smallest absolute Gasteiger partial charge is 0.178 e. The van der Waals surface area contributed by atoms with Crippen LogP contribution in [0.2, 0.25) is 5.02 Å². The highest BCUT2D eigenvalue weighted by atomic mass is 35.5. The van der Waals surface area contributed by atoms with E-state index in [9.17, 15) is 0 Å². The first kappa shape index (κ1) is 18.3. The number of aromatic amines is 1. The van der Waals surface area contributed by atoms with Crippen LogP contribution in [-0.2, 0) is 11.3 Å². The molecule has 3 aromatic rings. The van der Waals surface area contributed by atoms with Gasteiger partial charge in [-0.1, -0.05) is 29.8 Å². The number of hydrogen-bond acceptors (Lipinski definition) is 6. The predicted molar refractivity (Wildman–Crippen MR) is 114 cm³/mol. The molecule has 2 aliphatic rings. The van der Waals surface area contributed by atoms with Crippen LogP contribution < -0.4 is 5.32 Å². The van der Waals surface area contributed by atoms with Crippen LogP contribution in [0.4, 0.5) is 17.2 Å². The molecule has 0 atom stereocenters. The van der Waals surface area contributed by atoms with Crippen LogP contribution in [0.3, 0.4) is 0 Å². The average Bonchev–Trinajstić information content (AvgIpc) is 2.98. The van der Waals surface area contributed by atoms with Gasteiger partial charge in [-0.2, -0.15) is 5.10 Å². The van der Waals surface area contributed by atoms with E-state index in [1.807, 2.05) is 37.4 Å². The summed E-state index contributed by atoms with van der Waals surface area (Å²) in [6.45, 7) is 6.11. The number of H-pyrrole nitrogens is 1. The van der Waals surface area contributed by atoms with E-state index in [0.29, 0.717) is 10.8 Å². The summed E-state index contributed by atoms with van der Waals surface area (Å²) in [5.41, 5.74) is 6.15. The number of hydrogen-bond donors (Lipinski definition) is 2. The number of morpholine rings is 1. The van der Waals surface area contributed by atoms with Gasteiger partial charge >= 0.3 is 0 Å². The normalized spacial score (nSPS) is 16.4. The third kappa shape index (κ3) is 3.53. The molecule has 0 aliphatic carbocycles. The van der Waals surface area contributed by atoms with Gasteiger partial charge in [-0.3, -0.25) is 15.0 Å². The molecular weight excluding hydrogens is 388 g/mol. The Morgan fingerprint density at radius 1 is 1.17 bits per heavy atom. The summed E-state index contributed by atoms with van der Waals surface area (Å²) in [5.74, 6) is 0.703. The zero-order valence-electron chi connectivity index (χ0n) is 16.1. The van der Waals surface area contributed by atoms with Crippen molar-refractivity contribution in [3.63, 3.8) is 0 Å². The number of nitrogens with zero attached hydrogens (tertiary/aromatic N) is 4. The summed E-state index contributed by atoms with van der Waals surface area (Å²) in [4.78, 5) is 12.0. The summed E-state index contributed by atoms with van der Waals surface area (Å²) in [7, 11) is 0. The monoisotopic (exact) mass is 408 g/mol. The van der Waals surface area contributed by atoms with Crippen molar-refractivity contribution in [1.29, 1.82) is 0 Å². The third-order valence-corrected chi connectivity index (χ3v) is 5.56. The molecule has 0 bridgehead atoms. The highest BCUT2D eigenvalue weighted by Gasteiger charge is 2.23. The number of nitrogens with one attached hydrogen (secondary N) is 2. The van der Waals surface area contributed by atoms with Gasteiger partial charge < -0.3 is 10.1 Å². The Bertz CT molecular complexity index is 1090. The summed E-state index contributed by atoms with van der Waals surface area (Å²) < 4.78 is 5.45. The molecule has 0 amide bonds. The minimum atomic E-state index is 0.652. The lowest BCUT2D eigenvalue weighted by atomic mass is 10.0. The number of anilines is 2. The summed E-state index contributed by atoms with van der Waals surface area (Å²) in [5, 5.41) is 11.5. The Morgan fingerprint density at radius 2 is 2.00 bits per heavy atom. The van der Waals surface area contributed by atoms with Crippen molar-refractivity contribution in [2.45, 2.75) is 13.5 Å². The van der Waals surface area contributed by atoms with Gasteiger partial charge in [-0.25, -0.2) is 4.99 Å². The SMILES string of the molecule is Cc1[nH]nc2c1N=C(c1ccccc1Cl)c1cnc(CN3CCOCC3)cc1N2. The summed E-state index contributed by atoms with van der Waals surface area (Å²) in [6.07, 6.45) is 1.88. The van der Waals surface area contributed by atoms with Gasteiger partial charge in [-0.15, -0.1) is 0 Å². The lowest BCUT2D eigenvalue weighted by Crippen LogP contribution is -2.35. The second kappa shape index (κ2) is 7.59. The van der Waals surface area contributed by atoms with Crippen LogP contribution in [0.1, 0.15) is 22.5 Å². The molecule has 4 heterocycles. The van der Waals surface area contributed by atoms with E-state index in [-0.39, 0.29) is 0 Å². The fourth-order valence-electron chi connectivity index (χ4n) is 3.67. The van der Waals surface area contributed by atoms with Gasteiger partial charge in [0.25, 0.3) is 0 Å². The van der Waals surface area contributed by atoms with E-state index in [4.69, 9.17) is 26.3 Å². The first-order chi connectivity index (χ1) is 14.2. The quantitative estimate of drug-likeness (QED) is 0.538. The fourth-order valence-corrected chi connectivity index (χ4v) is 3.90. The molecule has 1 aromatic carbocycles. The lowest BCUT2D eigenvalue weighted by Gasteiger charge is -2.26. The number of aromatic nitrogens is 3. The Morgan fingerprint density at radius 3 is 2.83 bits per heavy atom. The maximum Gasteiger partial charge on any atom is 0.178 e. The Hall–Kier alpha value is -2.74. The number of aliphatic imine (C=N–C) groups is 1. The number of aryl methyl sites for hydroxylation is 1. The van der Waals surface area contributed by atoms with Crippen molar-refractivity contribution in [3.8, 4) is 0 Å². The largest absolute Gasteiger partial charge is 0.379 e. The maximum atomic E-state index is 6.51. The molecule has 0 spiro atoms. The van der Waals surface area contributed by atoms with E-state index in [1.54, 1.807) is 0 Å². The van der Waals surface area contributed by atoms with Crippen molar-refractivity contribution >= 4 is 34.5 Å². The van der Waals surface area contributed by atoms with Gasteiger partial charge in [0.05, 0.1) is 36.0 Å². The molecule has 148 valence electrons. The predicted octanol–water partition coefficient (Wildman–Crippen LogP) is 3.82. The van der Waals surface area contributed by atoms with Crippen LogP contribution in [0.15, 0.2) is 41.5 Å². The maximum absolute atomic E-state index is 6.51. The summed E-state index contributed by atoms with van der Waals surface area (Å²) >= 11 is 6.51. The molecule has 0 unspecified atom stereocenters. The van der Waals surface area contributed by atoms with Crippen LogP contribution in [0.25, 0.3) is 0 Å². The van der Waals surface area contributed by atoms with Crippen molar-refractivity contribution in [3.05, 3.63) is 64.1 Å². The first-order valence-electron chi connectivity index (χ1n) is 9.64. The van der Waals surface area contributed by atoms with Crippen molar-refractivity contribution in [1.82, 2.24) is 20.1 Å². The van der Waals surface area contributed by atoms with Crippen molar-refractivity contribution < 1.29 is 4.74 Å². The molecule has 0 radical (unpaired) electrons. The molecule has 2 aromatic heterocycles. The fraction of sp³-hybridized carbons (Fsp3) is 0.286. The number of halogens is 1. The standard InChI is InChI=1S/C21H21ClN6O/c1-13-19-21(27-26-13)24-18-10-14(12-28-6-8-29-9-7-28)23-11-16(18)20(25-19)15-4-2-3-5-17(15)22/h2-5,10-11H,6-9,12H2,1H3,(H2,24,26,27). The second-order valence-corrected chi connectivity index (χ2v) is 7.63. The Kier molecular flexibility index (Phi) is 4.79. The first-order valence-corrected chi connectivity index (χ1v) is 10.0. The Balaban J connectivity index is 1.60. The number of benzene rings is 1. The number of pyridine rings is 1. The van der Waals surface area contributed by atoms with Crippen LogP contribution in [0, 0.1) is 6.92 Å².